The summed E-state index contributed by atoms with van der Waals surface area (Å²) in [5.41, 5.74) is 1.87. The fourth-order valence-electron chi connectivity index (χ4n) is 1.84. The molecule has 90 valence electrons. The van der Waals surface area contributed by atoms with Gasteiger partial charge in [0.05, 0.1) is 24.4 Å². The van der Waals surface area contributed by atoms with Crippen molar-refractivity contribution in [1.82, 2.24) is 15.0 Å². The summed E-state index contributed by atoms with van der Waals surface area (Å²) in [6.45, 7) is 0. The molecule has 1 aromatic carbocycles. The van der Waals surface area contributed by atoms with Crippen LogP contribution in [0.25, 0.3) is 22.6 Å². The van der Waals surface area contributed by atoms with E-state index in [0.717, 1.165) is 11.8 Å². The SMILES string of the molecule is COc1ccccc1-c1nc2ncc(F)cc2[nH]1. The number of aromatic nitrogens is 3. The molecule has 2 aromatic heterocycles. The molecular formula is C13H10FN3O. The van der Waals surface area contributed by atoms with Gasteiger partial charge in [-0.25, -0.2) is 14.4 Å². The molecule has 0 aliphatic carbocycles. The maximum absolute atomic E-state index is 13.1. The lowest BCUT2D eigenvalue weighted by Crippen LogP contribution is -1.88. The number of halogens is 1. The highest BCUT2D eigenvalue weighted by atomic mass is 19.1. The van der Waals surface area contributed by atoms with Gasteiger partial charge in [-0.05, 0) is 12.1 Å². The molecule has 5 heteroatoms. The Bertz CT molecular complexity index is 708. The number of hydrogen-bond acceptors (Lipinski definition) is 3. The van der Waals surface area contributed by atoms with Crippen LogP contribution in [0.15, 0.2) is 36.5 Å². The summed E-state index contributed by atoms with van der Waals surface area (Å²) in [5, 5.41) is 0. The molecule has 0 spiro atoms. The van der Waals surface area contributed by atoms with Crippen LogP contribution in [0, 0.1) is 5.82 Å². The number of para-hydroxylation sites is 1. The predicted octanol–water partition coefficient (Wildman–Crippen LogP) is 2.77. The second-order valence-corrected chi connectivity index (χ2v) is 3.81. The van der Waals surface area contributed by atoms with E-state index in [1.807, 2.05) is 24.3 Å². The summed E-state index contributed by atoms with van der Waals surface area (Å²) in [6.07, 6.45) is 1.15. The highest BCUT2D eigenvalue weighted by Crippen LogP contribution is 2.28. The second-order valence-electron chi connectivity index (χ2n) is 3.81. The first-order chi connectivity index (χ1) is 8.78. The Balaban J connectivity index is 2.19. The van der Waals surface area contributed by atoms with Crippen molar-refractivity contribution in [2.75, 3.05) is 7.11 Å². The van der Waals surface area contributed by atoms with E-state index in [9.17, 15) is 4.39 Å². The first kappa shape index (κ1) is 10.7. The molecule has 0 saturated heterocycles. The van der Waals surface area contributed by atoms with Gasteiger partial charge >= 0.3 is 0 Å². The van der Waals surface area contributed by atoms with Gasteiger partial charge in [0.25, 0.3) is 0 Å². The number of nitrogens with one attached hydrogen (secondary N) is 1. The van der Waals surface area contributed by atoms with Crippen LogP contribution < -0.4 is 4.74 Å². The molecule has 0 saturated carbocycles. The lowest BCUT2D eigenvalue weighted by atomic mass is 10.2. The van der Waals surface area contributed by atoms with Crippen molar-refractivity contribution in [3.8, 4) is 17.1 Å². The molecule has 3 rings (SSSR count). The number of imidazole rings is 1. The van der Waals surface area contributed by atoms with Crippen molar-refractivity contribution >= 4 is 11.2 Å². The van der Waals surface area contributed by atoms with Crippen LogP contribution in [-0.2, 0) is 0 Å². The van der Waals surface area contributed by atoms with E-state index in [1.54, 1.807) is 7.11 Å². The molecule has 1 N–H and O–H groups in total. The molecule has 3 aromatic rings. The minimum atomic E-state index is -0.391. The van der Waals surface area contributed by atoms with Crippen molar-refractivity contribution < 1.29 is 9.13 Å². The summed E-state index contributed by atoms with van der Waals surface area (Å²) < 4.78 is 18.3. The van der Waals surface area contributed by atoms with Gasteiger partial charge in [-0.2, -0.15) is 0 Å². The molecule has 0 radical (unpaired) electrons. The third-order valence-corrected chi connectivity index (χ3v) is 2.67. The van der Waals surface area contributed by atoms with Gasteiger partial charge in [0.2, 0.25) is 0 Å². The lowest BCUT2D eigenvalue weighted by Gasteiger charge is -2.04. The Kier molecular flexibility index (Phi) is 2.44. The summed E-state index contributed by atoms with van der Waals surface area (Å²) >= 11 is 0. The minimum Gasteiger partial charge on any atom is -0.496 e. The van der Waals surface area contributed by atoms with Gasteiger partial charge in [-0.3, -0.25) is 0 Å². The number of aromatic amines is 1. The number of hydrogen-bond donors (Lipinski definition) is 1. The standard InChI is InChI=1S/C13H10FN3O/c1-18-11-5-3-2-4-9(11)12-16-10-6-8(14)7-15-13(10)17-12/h2-7H,1H3,(H,15,16,17). The van der Waals surface area contributed by atoms with Crippen molar-refractivity contribution in [3.63, 3.8) is 0 Å². The molecule has 18 heavy (non-hydrogen) atoms. The Morgan fingerprint density at radius 2 is 2.11 bits per heavy atom. The Hall–Kier alpha value is -2.43. The Morgan fingerprint density at radius 1 is 1.28 bits per heavy atom. The fraction of sp³-hybridized carbons (Fsp3) is 0.0769. The van der Waals surface area contributed by atoms with Crippen LogP contribution in [0.1, 0.15) is 0 Å². The Morgan fingerprint density at radius 3 is 2.94 bits per heavy atom. The summed E-state index contributed by atoms with van der Waals surface area (Å²) in [6, 6.07) is 8.86. The third kappa shape index (κ3) is 1.69. The topological polar surface area (TPSA) is 50.8 Å². The van der Waals surface area contributed by atoms with E-state index in [2.05, 4.69) is 15.0 Å². The zero-order chi connectivity index (χ0) is 12.5. The average Bonchev–Trinajstić information content (AvgIpc) is 2.81. The van der Waals surface area contributed by atoms with E-state index < -0.39 is 5.82 Å². The molecule has 0 aliphatic rings. The van der Waals surface area contributed by atoms with Crippen LogP contribution in [0.3, 0.4) is 0 Å². The van der Waals surface area contributed by atoms with Gasteiger partial charge in [-0.15, -0.1) is 0 Å². The Labute approximate surface area is 102 Å². The van der Waals surface area contributed by atoms with Crippen LogP contribution in [-0.4, -0.2) is 22.1 Å². The number of benzene rings is 1. The monoisotopic (exact) mass is 243 g/mol. The molecular weight excluding hydrogens is 233 g/mol. The van der Waals surface area contributed by atoms with Gasteiger partial charge in [0.1, 0.15) is 17.4 Å². The van der Waals surface area contributed by atoms with Crippen molar-refractivity contribution in [2.24, 2.45) is 0 Å². The molecule has 2 heterocycles. The third-order valence-electron chi connectivity index (χ3n) is 2.67. The van der Waals surface area contributed by atoms with Crippen LogP contribution in [0.4, 0.5) is 4.39 Å². The number of fused-ring (bicyclic) bond motifs is 1. The minimum absolute atomic E-state index is 0.391. The maximum atomic E-state index is 13.1. The van der Waals surface area contributed by atoms with Crippen LogP contribution in [0.5, 0.6) is 5.75 Å². The van der Waals surface area contributed by atoms with Crippen LogP contribution >= 0.6 is 0 Å². The molecule has 0 bridgehead atoms. The van der Waals surface area contributed by atoms with Crippen LogP contribution in [0.2, 0.25) is 0 Å². The van der Waals surface area contributed by atoms with Gasteiger partial charge in [0, 0.05) is 6.07 Å². The van der Waals surface area contributed by atoms with Gasteiger partial charge in [0.15, 0.2) is 5.65 Å². The van der Waals surface area contributed by atoms with E-state index in [-0.39, 0.29) is 0 Å². The molecule has 0 atom stereocenters. The first-order valence-electron chi connectivity index (χ1n) is 5.42. The quantitative estimate of drug-likeness (QED) is 0.753. The summed E-state index contributed by atoms with van der Waals surface area (Å²) in [5.74, 6) is 0.926. The molecule has 0 fully saturated rings. The number of pyridine rings is 1. The lowest BCUT2D eigenvalue weighted by molar-refractivity contribution is 0.416. The molecule has 4 nitrogen and oxygen atoms in total. The maximum Gasteiger partial charge on any atom is 0.178 e. The second kappa shape index (κ2) is 4.10. The average molecular weight is 243 g/mol. The fourth-order valence-corrected chi connectivity index (χ4v) is 1.84. The predicted molar refractivity (Wildman–Crippen MR) is 65.8 cm³/mol. The summed E-state index contributed by atoms with van der Waals surface area (Å²) in [7, 11) is 1.60. The first-order valence-corrected chi connectivity index (χ1v) is 5.42. The smallest absolute Gasteiger partial charge is 0.178 e. The van der Waals surface area contributed by atoms with E-state index in [4.69, 9.17) is 4.74 Å². The van der Waals surface area contributed by atoms with Crippen molar-refractivity contribution in [2.45, 2.75) is 0 Å². The number of H-pyrrole nitrogens is 1. The molecule has 0 aliphatic heterocycles. The highest BCUT2D eigenvalue weighted by molar-refractivity contribution is 5.77. The number of ether oxygens (including phenoxy) is 1. The van der Waals surface area contributed by atoms with Gasteiger partial charge in [-0.1, -0.05) is 12.1 Å². The largest absolute Gasteiger partial charge is 0.496 e. The number of nitrogens with zero attached hydrogens (tertiary/aromatic N) is 2. The van der Waals surface area contributed by atoms with Crippen molar-refractivity contribution in [1.29, 1.82) is 0 Å². The highest BCUT2D eigenvalue weighted by Gasteiger charge is 2.10. The van der Waals surface area contributed by atoms with E-state index in [0.29, 0.717) is 22.7 Å². The zero-order valence-electron chi connectivity index (χ0n) is 9.64. The number of rotatable bonds is 2. The van der Waals surface area contributed by atoms with E-state index >= 15 is 0 Å². The number of methoxy groups -OCH3 is 1. The van der Waals surface area contributed by atoms with Crippen molar-refractivity contribution in [3.05, 3.63) is 42.3 Å². The van der Waals surface area contributed by atoms with Gasteiger partial charge < -0.3 is 9.72 Å². The normalized spacial score (nSPS) is 10.8. The molecule has 0 unspecified atom stereocenters. The zero-order valence-corrected chi connectivity index (χ0v) is 9.64. The van der Waals surface area contributed by atoms with E-state index in [1.165, 1.54) is 6.07 Å². The molecule has 0 amide bonds. The summed E-state index contributed by atoms with van der Waals surface area (Å²) in [4.78, 5) is 11.3.